The van der Waals surface area contributed by atoms with Crippen LogP contribution >= 0.6 is 15.9 Å². The van der Waals surface area contributed by atoms with Crippen molar-refractivity contribution >= 4 is 21.8 Å². The van der Waals surface area contributed by atoms with E-state index in [1.807, 2.05) is 30.3 Å². The van der Waals surface area contributed by atoms with Crippen LogP contribution in [0.1, 0.15) is 10.4 Å². The van der Waals surface area contributed by atoms with Crippen molar-refractivity contribution < 1.29 is 4.79 Å². The molecule has 1 unspecified atom stereocenters. The highest BCUT2D eigenvalue weighted by Gasteiger charge is 2.15. The Kier molecular flexibility index (Phi) is 4.62. The van der Waals surface area contributed by atoms with E-state index in [1.165, 1.54) is 0 Å². The number of alkyl halides is 1. The van der Waals surface area contributed by atoms with E-state index in [0.29, 0.717) is 13.1 Å². The third-order valence-electron chi connectivity index (χ3n) is 1.77. The molecule has 0 aromatic heterocycles. The molecule has 0 heterocycles. The van der Waals surface area contributed by atoms with E-state index >= 15 is 0 Å². The van der Waals surface area contributed by atoms with Crippen LogP contribution in [0.2, 0.25) is 0 Å². The molecule has 0 fully saturated rings. The van der Waals surface area contributed by atoms with Crippen LogP contribution in [-0.2, 0) is 4.79 Å². The number of rotatable bonds is 4. The van der Waals surface area contributed by atoms with Crippen LogP contribution < -0.4 is 11.1 Å². The second-order valence-electron chi connectivity index (χ2n) is 2.85. The molecule has 0 radical (unpaired) electrons. The van der Waals surface area contributed by atoms with Crippen molar-refractivity contribution in [3.63, 3.8) is 0 Å². The van der Waals surface area contributed by atoms with Gasteiger partial charge in [0.15, 0.2) is 0 Å². The van der Waals surface area contributed by atoms with Crippen molar-refractivity contribution in [2.45, 2.75) is 4.83 Å². The summed E-state index contributed by atoms with van der Waals surface area (Å²) in [5.41, 5.74) is 6.23. The fraction of sp³-hybridized carbons (Fsp3) is 0.300. The number of nitrogens with two attached hydrogens (primary N) is 1. The summed E-state index contributed by atoms with van der Waals surface area (Å²) in [5.74, 6) is -0.0540. The Bertz CT molecular complexity index is 289. The van der Waals surface area contributed by atoms with Gasteiger partial charge in [-0.2, -0.15) is 0 Å². The average Bonchev–Trinajstić information content (AvgIpc) is 2.26. The summed E-state index contributed by atoms with van der Waals surface area (Å²) < 4.78 is 0. The molecular weight excluding hydrogens is 244 g/mol. The molecule has 1 amide bonds. The summed E-state index contributed by atoms with van der Waals surface area (Å²) in [6.07, 6.45) is 0. The summed E-state index contributed by atoms with van der Waals surface area (Å²) >= 11 is 3.33. The standard InChI is InChI=1S/C10H13BrN2O/c11-9(10(14)13-7-6-12)8-4-2-1-3-5-8/h1-5,9H,6-7,12H2,(H,13,14). The molecule has 0 saturated heterocycles. The van der Waals surface area contributed by atoms with E-state index in [9.17, 15) is 4.79 Å². The maximum absolute atomic E-state index is 11.5. The summed E-state index contributed by atoms with van der Waals surface area (Å²) in [6, 6.07) is 9.53. The van der Waals surface area contributed by atoms with Crippen molar-refractivity contribution in [1.82, 2.24) is 5.32 Å². The van der Waals surface area contributed by atoms with Crippen LogP contribution in [0, 0.1) is 0 Å². The van der Waals surface area contributed by atoms with Crippen molar-refractivity contribution in [2.75, 3.05) is 13.1 Å². The number of hydrogen-bond donors (Lipinski definition) is 2. The lowest BCUT2D eigenvalue weighted by molar-refractivity contribution is -0.120. The van der Waals surface area contributed by atoms with Gasteiger partial charge in [0.05, 0.1) is 0 Å². The molecule has 3 N–H and O–H groups in total. The van der Waals surface area contributed by atoms with Crippen LogP contribution in [0.4, 0.5) is 0 Å². The maximum Gasteiger partial charge on any atom is 0.238 e. The van der Waals surface area contributed by atoms with E-state index in [-0.39, 0.29) is 10.7 Å². The molecule has 14 heavy (non-hydrogen) atoms. The van der Waals surface area contributed by atoms with Crippen LogP contribution in [0.15, 0.2) is 30.3 Å². The summed E-state index contributed by atoms with van der Waals surface area (Å²) in [6.45, 7) is 0.966. The Balaban J connectivity index is 2.57. The van der Waals surface area contributed by atoms with Crippen molar-refractivity contribution in [3.05, 3.63) is 35.9 Å². The van der Waals surface area contributed by atoms with Gasteiger partial charge in [-0.25, -0.2) is 0 Å². The largest absolute Gasteiger partial charge is 0.354 e. The Labute approximate surface area is 91.8 Å². The third-order valence-corrected chi connectivity index (χ3v) is 2.71. The van der Waals surface area contributed by atoms with Gasteiger partial charge in [-0.05, 0) is 5.56 Å². The lowest BCUT2D eigenvalue weighted by Crippen LogP contribution is -2.31. The molecule has 0 spiro atoms. The number of hydrogen-bond acceptors (Lipinski definition) is 2. The van der Waals surface area contributed by atoms with Gasteiger partial charge in [0.25, 0.3) is 0 Å². The van der Waals surface area contributed by atoms with E-state index in [2.05, 4.69) is 21.2 Å². The molecule has 0 aliphatic rings. The fourth-order valence-corrected chi connectivity index (χ4v) is 1.53. The molecule has 0 aliphatic carbocycles. The quantitative estimate of drug-likeness (QED) is 0.796. The SMILES string of the molecule is NCCNC(=O)C(Br)c1ccccc1. The van der Waals surface area contributed by atoms with E-state index in [1.54, 1.807) is 0 Å². The minimum atomic E-state index is -0.296. The van der Waals surface area contributed by atoms with Crippen LogP contribution in [-0.4, -0.2) is 19.0 Å². The maximum atomic E-state index is 11.5. The minimum Gasteiger partial charge on any atom is -0.354 e. The first-order valence-electron chi connectivity index (χ1n) is 4.42. The van der Waals surface area contributed by atoms with Crippen molar-refractivity contribution in [2.24, 2.45) is 5.73 Å². The van der Waals surface area contributed by atoms with E-state index in [4.69, 9.17) is 5.73 Å². The average molecular weight is 257 g/mol. The Hall–Kier alpha value is -0.870. The van der Waals surface area contributed by atoms with Crippen LogP contribution in [0.25, 0.3) is 0 Å². The number of benzene rings is 1. The lowest BCUT2D eigenvalue weighted by Gasteiger charge is -2.09. The molecule has 1 aromatic rings. The minimum absolute atomic E-state index is 0.0540. The Morgan fingerprint density at radius 2 is 2.07 bits per heavy atom. The first kappa shape index (κ1) is 11.2. The predicted octanol–water partition coefficient (Wildman–Crippen LogP) is 1.20. The summed E-state index contributed by atoms with van der Waals surface area (Å²) in [4.78, 5) is 11.2. The van der Waals surface area contributed by atoms with Gasteiger partial charge in [0, 0.05) is 13.1 Å². The lowest BCUT2D eigenvalue weighted by atomic mass is 10.1. The number of carbonyl (C=O) groups is 1. The molecule has 3 nitrogen and oxygen atoms in total. The molecule has 0 bridgehead atoms. The Morgan fingerprint density at radius 1 is 1.43 bits per heavy atom. The fourth-order valence-electron chi connectivity index (χ4n) is 1.06. The summed E-state index contributed by atoms with van der Waals surface area (Å²) in [7, 11) is 0. The van der Waals surface area contributed by atoms with Crippen LogP contribution in [0.5, 0.6) is 0 Å². The normalized spacial score (nSPS) is 12.1. The first-order chi connectivity index (χ1) is 6.75. The van der Waals surface area contributed by atoms with Gasteiger partial charge in [0.1, 0.15) is 4.83 Å². The molecule has 1 atom stereocenters. The van der Waals surface area contributed by atoms with E-state index < -0.39 is 0 Å². The van der Waals surface area contributed by atoms with Crippen molar-refractivity contribution in [1.29, 1.82) is 0 Å². The molecule has 0 saturated carbocycles. The number of nitrogens with one attached hydrogen (secondary N) is 1. The molecule has 1 rings (SSSR count). The van der Waals surface area contributed by atoms with Gasteiger partial charge >= 0.3 is 0 Å². The third kappa shape index (κ3) is 3.12. The smallest absolute Gasteiger partial charge is 0.238 e. The van der Waals surface area contributed by atoms with Gasteiger partial charge < -0.3 is 11.1 Å². The monoisotopic (exact) mass is 256 g/mol. The zero-order valence-corrected chi connectivity index (χ0v) is 9.33. The zero-order valence-electron chi connectivity index (χ0n) is 7.74. The van der Waals surface area contributed by atoms with E-state index in [0.717, 1.165) is 5.56 Å². The highest BCUT2D eigenvalue weighted by molar-refractivity contribution is 9.09. The van der Waals surface area contributed by atoms with Crippen molar-refractivity contribution in [3.8, 4) is 0 Å². The predicted molar refractivity (Wildman–Crippen MR) is 60.2 cm³/mol. The number of halogens is 1. The highest BCUT2D eigenvalue weighted by Crippen LogP contribution is 2.21. The van der Waals surface area contributed by atoms with Gasteiger partial charge in [-0.1, -0.05) is 46.3 Å². The van der Waals surface area contributed by atoms with Crippen LogP contribution in [0.3, 0.4) is 0 Å². The van der Waals surface area contributed by atoms with Gasteiger partial charge in [0.2, 0.25) is 5.91 Å². The van der Waals surface area contributed by atoms with Gasteiger partial charge in [-0.15, -0.1) is 0 Å². The molecular formula is C10H13BrN2O. The molecule has 0 aliphatic heterocycles. The topological polar surface area (TPSA) is 55.1 Å². The molecule has 1 aromatic carbocycles. The summed E-state index contributed by atoms with van der Waals surface area (Å²) in [5, 5.41) is 2.72. The molecule has 76 valence electrons. The molecule has 4 heteroatoms. The second kappa shape index (κ2) is 5.78. The second-order valence-corrected chi connectivity index (χ2v) is 3.77. The number of carbonyl (C=O) groups excluding carboxylic acids is 1. The highest BCUT2D eigenvalue weighted by atomic mass is 79.9. The zero-order chi connectivity index (χ0) is 10.4. The Morgan fingerprint density at radius 3 is 2.64 bits per heavy atom. The first-order valence-corrected chi connectivity index (χ1v) is 5.34. The number of amides is 1. The van der Waals surface area contributed by atoms with Gasteiger partial charge in [-0.3, -0.25) is 4.79 Å².